The topological polar surface area (TPSA) is 52.0 Å². The van der Waals surface area contributed by atoms with Crippen molar-refractivity contribution in [2.45, 2.75) is 32.6 Å². The molecule has 0 atom stereocenters. The lowest BCUT2D eigenvalue weighted by molar-refractivity contribution is 0.493. The van der Waals surface area contributed by atoms with E-state index in [1.807, 2.05) is 0 Å². The van der Waals surface area contributed by atoms with E-state index in [0.717, 1.165) is 24.3 Å². The minimum Gasteiger partial charge on any atom is -0.448 e. The van der Waals surface area contributed by atoms with E-state index < -0.39 is 0 Å². The van der Waals surface area contributed by atoms with Gasteiger partial charge in [0, 0.05) is 6.42 Å². The zero-order chi connectivity index (χ0) is 8.97. The molecule has 0 unspecified atom stereocenters. The molecule has 3 heteroatoms. The summed E-state index contributed by atoms with van der Waals surface area (Å²) in [5, 5.41) is 0. The van der Waals surface area contributed by atoms with Gasteiger partial charge >= 0.3 is 0 Å². The van der Waals surface area contributed by atoms with Gasteiger partial charge in [-0.1, -0.05) is 13.8 Å². The highest BCUT2D eigenvalue weighted by Crippen LogP contribution is 2.18. The second kappa shape index (κ2) is 4.26. The third-order valence-electron chi connectivity index (χ3n) is 1.83. The van der Waals surface area contributed by atoms with Crippen LogP contribution in [0.3, 0.4) is 0 Å². The molecule has 68 valence electrons. The fraction of sp³-hybridized carbons (Fsp3) is 0.667. The Morgan fingerprint density at radius 1 is 1.58 bits per heavy atom. The zero-order valence-corrected chi connectivity index (χ0v) is 7.71. The molecule has 0 bridgehead atoms. The van der Waals surface area contributed by atoms with Crippen molar-refractivity contribution >= 4 is 0 Å². The highest BCUT2D eigenvalue weighted by Gasteiger charge is 2.10. The first-order valence-electron chi connectivity index (χ1n) is 4.38. The Bertz CT molecular complexity index is 230. The summed E-state index contributed by atoms with van der Waals surface area (Å²) in [6, 6.07) is 0. The maximum absolute atomic E-state index is 5.41. The summed E-state index contributed by atoms with van der Waals surface area (Å²) in [4.78, 5) is 4.16. The fourth-order valence-electron chi connectivity index (χ4n) is 1.20. The van der Waals surface area contributed by atoms with E-state index in [1.165, 1.54) is 6.39 Å². The molecule has 12 heavy (non-hydrogen) atoms. The largest absolute Gasteiger partial charge is 0.448 e. The monoisotopic (exact) mass is 168 g/mol. The van der Waals surface area contributed by atoms with Crippen LogP contribution in [0.2, 0.25) is 0 Å². The molecule has 0 aromatic carbocycles. The van der Waals surface area contributed by atoms with Gasteiger partial charge in [0.05, 0.1) is 5.69 Å². The van der Waals surface area contributed by atoms with Crippen molar-refractivity contribution in [3.63, 3.8) is 0 Å². The molecule has 1 aromatic heterocycles. The first kappa shape index (κ1) is 9.26. The summed E-state index contributed by atoms with van der Waals surface area (Å²) < 4.78 is 5.26. The lowest BCUT2D eigenvalue weighted by Crippen LogP contribution is -2.02. The van der Waals surface area contributed by atoms with Crippen LogP contribution in [-0.2, 0) is 6.42 Å². The van der Waals surface area contributed by atoms with E-state index in [2.05, 4.69) is 18.8 Å². The van der Waals surface area contributed by atoms with Crippen LogP contribution in [0.5, 0.6) is 0 Å². The molecule has 0 radical (unpaired) electrons. The number of rotatable bonds is 4. The van der Waals surface area contributed by atoms with Crippen molar-refractivity contribution in [3.8, 4) is 0 Å². The lowest BCUT2D eigenvalue weighted by atomic mass is 10.1. The van der Waals surface area contributed by atoms with Gasteiger partial charge in [0.25, 0.3) is 0 Å². The summed E-state index contributed by atoms with van der Waals surface area (Å²) in [7, 11) is 0. The summed E-state index contributed by atoms with van der Waals surface area (Å²) in [6.07, 6.45) is 3.39. The number of nitrogens with two attached hydrogens (primary N) is 1. The summed E-state index contributed by atoms with van der Waals surface area (Å²) in [5.41, 5.74) is 6.48. The Balaban J connectivity index is 2.64. The highest BCUT2D eigenvalue weighted by atomic mass is 16.3. The van der Waals surface area contributed by atoms with Crippen LogP contribution in [0.15, 0.2) is 10.8 Å². The molecule has 0 aliphatic heterocycles. The van der Waals surface area contributed by atoms with Gasteiger partial charge in [-0.2, -0.15) is 0 Å². The number of nitrogens with zero attached hydrogens (tertiary/aromatic N) is 1. The van der Waals surface area contributed by atoms with Crippen molar-refractivity contribution in [3.05, 3.63) is 17.8 Å². The molecular weight excluding hydrogens is 152 g/mol. The van der Waals surface area contributed by atoms with Crippen LogP contribution in [0.1, 0.15) is 37.6 Å². The van der Waals surface area contributed by atoms with Crippen molar-refractivity contribution < 1.29 is 4.42 Å². The molecule has 1 rings (SSSR count). The lowest BCUT2D eigenvalue weighted by Gasteiger charge is -2.02. The number of aryl methyl sites for hydroxylation is 1. The van der Waals surface area contributed by atoms with Crippen molar-refractivity contribution in [2.75, 3.05) is 6.54 Å². The average Bonchev–Trinajstić information content (AvgIpc) is 2.48. The van der Waals surface area contributed by atoms with E-state index in [0.29, 0.717) is 12.5 Å². The summed E-state index contributed by atoms with van der Waals surface area (Å²) >= 11 is 0. The van der Waals surface area contributed by atoms with Gasteiger partial charge in [-0.15, -0.1) is 0 Å². The van der Waals surface area contributed by atoms with Gasteiger partial charge in [0.2, 0.25) is 0 Å². The average molecular weight is 168 g/mol. The van der Waals surface area contributed by atoms with E-state index in [4.69, 9.17) is 10.2 Å². The second-order valence-electron chi connectivity index (χ2n) is 3.21. The SMILES string of the molecule is CC(C)c1ncoc1CCCN. The molecule has 1 aromatic rings. The molecule has 0 spiro atoms. The third-order valence-corrected chi connectivity index (χ3v) is 1.83. The minimum atomic E-state index is 0.441. The highest BCUT2D eigenvalue weighted by molar-refractivity contribution is 5.11. The molecule has 2 N–H and O–H groups in total. The maximum atomic E-state index is 5.41. The second-order valence-corrected chi connectivity index (χ2v) is 3.21. The smallest absolute Gasteiger partial charge is 0.181 e. The Morgan fingerprint density at radius 3 is 2.92 bits per heavy atom. The van der Waals surface area contributed by atoms with Crippen molar-refractivity contribution in [2.24, 2.45) is 5.73 Å². The number of aromatic nitrogens is 1. The van der Waals surface area contributed by atoms with E-state index in [9.17, 15) is 0 Å². The maximum Gasteiger partial charge on any atom is 0.181 e. The first-order valence-corrected chi connectivity index (χ1v) is 4.38. The van der Waals surface area contributed by atoms with Gasteiger partial charge in [0.1, 0.15) is 5.76 Å². The first-order chi connectivity index (χ1) is 5.75. The molecule has 0 saturated carbocycles. The molecule has 0 aliphatic rings. The standard InChI is InChI=1S/C9H16N2O/c1-7(2)9-8(4-3-5-10)12-6-11-9/h6-7H,3-5,10H2,1-2H3. The zero-order valence-electron chi connectivity index (χ0n) is 7.71. The molecule has 0 saturated heterocycles. The molecule has 3 nitrogen and oxygen atoms in total. The van der Waals surface area contributed by atoms with Crippen LogP contribution in [0, 0.1) is 0 Å². The van der Waals surface area contributed by atoms with Gasteiger partial charge < -0.3 is 10.2 Å². The number of oxazole rings is 1. The van der Waals surface area contributed by atoms with Gasteiger partial charge in [0.15, 0.2) is 6.39 Å². The molecule has 0 amide bonds. The molecule has 0 fully saturated rings. The summed E-state index contributed by atoms with van der Waals surface area (Å²) in [6.45, 7) is 4.94. The Kier molecular flexibility index (Phi) is 3.29. The van der Waals surface area contributed by atoms with Gasteiger partial charge in [-0.25, -0.2) is 4.98 Å². The fourth-order valence-corrected chi connectivity index (χ4v) is 1.20. The van der Waals surface area contributed by atoms with Crippen molar-refractivity contribution in [1.29, 1.82) is 0 Å². The molecule has 0 aliphatic carbocycles. The van der Waals surface area contributed by atoms with E-state index >= 15 is 0 Å². The Labute approximate surface area is 73.0 Å². The Hall–Kier alpha value is -0.830. The van der Waals surface area contributed by atoms with Crippen LogP contribution < -0.4 is 5.73 Å². The van der Waals surface area contributed by atoms with E-state index in [1.54, 1.807) is 0 Å². The van der Waals surface area contributed by atoms with Crippen LogP contribution in [-0.4, -0.2) is 11.5 Å². The normalized spacial score (nSPS) is 11.0. The van der Waals surface area contributed by atoms with E-state index in [-0.39, 0.29) is 0 Å². The molecule has 1 heterocycles. The molecular formula is C9H16N2O. The predicted molar refractivity (Wildman–Crippen MR) is 48.0 cm³/mol. The van der Waals surface area contributed by atoms with Crippen LogP contribution >= 0.6 is 0 Å². The van der Waals surface area contributed by atoms with Gasteiger partial charge in [-0.3, -0.25) is 0 Å². The number of hydrogen-bond acceptors (Lipinski definition) is 3. The predicted octanol–water partition coefficient (Wildman–Crippen LogP) is 1.69. The number of hydrogen-bond donors (Lipinski definition) is 1. The van der Waals surface area contributed by atoms with Crippen LogP contribution in [0.4, 0.5) is 0 Å². The third kappa shape index (κ3) is 2.08. The quantitative estimate of drug-likeness (QED) is 0.744. The van der Waals surface area contributed by atoms with Gasteiger partial charge in [-0.05, 0) is 18.9 Å². The van der Waals surface area contributed by atoms with Crippen LogP contribution in [0.25, 0.3) is 0 Å². The Morgan fingerprint density at radius 2 is 2.33 bits per heavy atom. The summed E-state index contributed by atoms with van der Waals surface area (Å²) in [5.74, 6) is 1.44. The minimum absolute atomic E-state index is 0.441. The van der Waals surface area contributed by atoms with Crippen molar-refractivity contribution in [1.82, 2.24) is 4.98 Å².